The van der Waals surface area contributed by atoms with Gasteiger partial charge in [-0.3, -0.25) is 19.0 Å². The van der Waals surface area contributed by atoms with Crippen molar-refractivity contribution in [3.05, 3.63) is 56.2 Å². The van der Waals surface area contributed by atoms with Gasteiger partial charge in [0.2, 0.25) is 5.91 Å². The molecule has 1 amide bonds. The van der Waals surface area contributed by atoms with Crippen molar-refractivity contribution in [1.29, 1.82) is 0 Å². The summed E-state index contributed by atoms with van der Waals surface area (Å²) in [7, 11) is 0. The van der Waals surface area contributed by atoms with Crippen LogP contribution in [0.4, 0.5) is 0 Å². The molecule has 168 valence electrons. The van der Waals surface area contributed by atoms with Crippen LogP contribution >= 0.6 is 23.1 Å². The quantitative estimate of drug-likeness (QED) is 0.312. The molecule has 0 bridgehead atoms. The number of rotatable bonds is 7. The Morgan fingerprint density at radius 1 is 1.22 bits per heavy atom. The van der Waals surface area contributed by atoms with E-state index < -0.39 is 0 Å². The molecule has 3 aromatic rings. The number of thioether (sulfide) groups is 1. The fraction of sp³-hybridized carbons (Fsp3) is 0.417. The lowest BCUT2D eigenvalue weighted by Crippen LogP contribution is -2.23. The molecule has 1 aliphatic carbocycles. The predicted octanol–water partition coefficient (Wildman–Crippen LogP) is 4.53. The van der Waals surface area contributed by atoms with Crippen LogP contribution in [0.15, 0.2) is 34.2 Å². The van der Waals surface area contributed by atoms with Crippen LogP contribution in [0.3, 0.4) is 0 Å². The molecular formula is C24H27N3O3S2. The topological polar surface area (TPSA) is 81.1 Å². The van der Waals surface area contributed by atoms with Crippen molar-refractivity contribution >= 4 is 45.0 Å². The summed E-state index contributed by atoms with van der Waals surface area (Å²) >= 11 is 2.95. The van der Waals surface area contributed by atoms with E-state index in [4.69, 9.17) is 4.98 Å². The molecule has 6 nitrogen and oxygen atoms in total. The second-order valence-corrected chi connectivity index (χ2v) is 10.1. The van der Waals surface area contributed by atoms with E-state index in [0.29, 0.717) is 17.3 Å². The molecule has 0 fully saturated rings. The zero-order chi connectivity index (χ0) is 22.8. The molecule has 2 aromatic heterocycles. The highest BCUT2D eigenvalue weighted by Gasteiger charge is 2.22. The fourth-order valence-corrected chi connectivity index (χ4v) is 6.43. The van der Waals surface area contributed by atoms with Crippen molar-refractivity contribution in [2.24, 2.45) is 0 Å². The lowest BCUT2D eigenvalue weighted by Gasteiger charge is -2.13. The Morgan fingerprint density at radius 2 is 1.94 bits per heavy atom. The molecule has 1 N–H and O–H groups in total. The average Bonchev–Trinajstić information content (AvgIpc) is 3.15. The number of aromatic nitrogens is 2. The fourth-order valence-electron chi connectivity index (χ4n) is 4.17. The Hall–Kier alpha value is -2.45. The van der Waals surface area contributed by atoms with Gasteiger partial charge in [0.1, 0.15) is 4.83 Å². The van der Waals surface area contributed by atoms with E-state index in [1.165, 1.54) is 35.5 Å². The zero-order valence-electron chi connectivity index (χ0n) is 18.6. The Labute approximate surface area is 195 Å². The van der Waals surface area contributed by atoms with Crippen LogP contribution in [-0.4, -0.2) is 27.0 Å². The number of nitrogens with zero attached hydrogens (tertiary/aromatic N) is 2. The van der Waals surface area contributed by atoms with Gasteiger partial charge in [0.15, 0.2) is 10.9 Å². The van der Waals surface area contributed by atoms with Crippen LogP contribution in [0.2, 0.25) is 0 Å². The number of nitrogens with one attached hydrogen (secondary N) is 1. The number of hydrogen-bond donors (Lipinski definition) is 1. The highest BCUT2D eigenvalue weighted by Crippen LogP contribution is 2.34. The lowest BCUT2D eigenvalue weighted by atomic mass is 9.97. The number of carbonyl (C=O) groups is 2. The number of benzene rings is 1. The number of carbonyl (C=O) groups excluding carboxylic acids is 2. The third-order valence-corrected chi connectivity index (χ3v) is 8.00. The summed E-state index contributed by atoms with van der Waals surface area (Å²) in [6.07, 6.45) is 4.27. The Morgan fingerprint density at radius 3 is 2.62 bits per heavy atom. The minimum Gasteiger partial charge on any atom is -0.350 e. The maximum Gasteiger partial charge on any atom is 0.263 e. The molecular weight excluding hydrogens is 442 g/mol. The molecule has 0 radical (unpaired) electrons. The summed E-state index contributed by atoms with van der Waals surface area (Å²) in [6, 6.07) is 7.18. The third kappa shape index (κ3) is 4.52. The smallest absolute Gasteiger partial charge is 0.263 e. The second-order valence-electron chi connectivity index (χ2n) is 8.09. The van der Waals surface area contributed by atoms with Crippen LogP contribution in [0, 0.1) is 0 Å². The standard InChI is InChI=1S/C24H27N3O3S2/c1-4-27-23(30)21-18-7-5-6-8-20(18)32-22(21)26-24(27)31-13-19(29)17-11-9-16(10-12-17)14(2)25-15(3)28/h9-12,14H,4-8,13H2,1-3H3,(H,25,28). The largest absolute Gasteiger partial charge is 0.350 e. The summed E-state index contributed by atoms with van der Waals surface area (Å²) in [6.45, 7) is 5.86. The second kappa shape index (κ2) is 9.58. The van der Waals surface area contributed by atoms with E-state index in [-0.39, 0.29) is 29.0 Å². The van der Waals surface area contributed by atoms with E-state index in [1.807, 2.05) is 26.0 Å². The van der Waals surface area contributed by atoms with Crippen molar-refractivity contribution in [3.8, 4) is 0 Å². The van der Waals surface area contributed by atoms with Gasteiger partial charge in [-0.2, -0.15) is 0 Å². The van der Waals surface area contributed by atoms with E-state index in [9.17, 15) is 14.4 Å². The van der Waals surface area contributed by atoms with Gasteiger partial charge in [0.25, 0.3) is 5.56 Å². The Kier molecular flexibility index (Phi) is 6.81. The van der Waals surface area contributed by atoms with Gasteiger partial charge >= 0.3 is 0 Å². The van der Waals surface area contributed by atoms with Crippen LogP contribution in [0.25, 0.3) is 10.2 Å². The monoisotopic (exact) mass is 469 g/mol. The number of Topliss-reactive ketones (excluding diaryl/α,β-unsaturated/α-hetero) is 1. The Bertz CT molecular complexity index is 1230. The van der Waals surface area contributed by atoms with Gasteiger partial charge in [0, 0.05) is 23.9 Å². The SMILES string of the molecule is CCn1c(SCC(=O)c2ccc(C(C)NC(C)=O)cc2)nc2sc3c(c2c1=O)CCCC3. The first-order chi connectivity index (χ1) is 15.4. The molecule has 0 saturated heterocycles. The molecule has 2 heterocycles. The van der Waals surface area contributed by atoms with Crippen molar-refractivity contribution in [3.63, 3.8) is 0 Å². The first kappa shape index (κ1) is 22.7. The molecule has 8 heteroatoms. The van der Waals surface area contributed by atoms with Crippen LogP contribution in [-0.2, 0) is 24.2 Å². The number of fused-ring (bicyclic) bond motifs is 3. The van der Waals surface area contributed by atoms with E-state index >= 15 is 0 Å². The number of thiophene rings is 1. The van der Waals surface area contributed by atoms with E-state index in [2.05, 4.69) is 5.32 Å². The molecule has 0 saturated carbocycles. The molecule has 4 rings (SSSR count). The minimum atomic E-state index is -0.113. The highest BCUT2D eigenvalue weighted by atomic mass is 32.2. The van der Waals surface area contributed by atoms with Gasteiger partial charge in [-0.25, -0.2) is 4.98 Å². The van der Waals surface area contributed by atoms with Crippen LogP contribution in [0.1, 0.15) is 66.0 Å². The van der Waals surface area contributed by atoms with Gasteiger partial charge in [-0.1, -0.05) is 36.0 Å². The molecule has 32 heavy (non-hydrogen) atoms. The average molecular weight is 470 g/mol. The molecule has 0 spiro atoms. The first-order valence-electron chi connectivity index (χ1n) is 11.0. The first-order valence-corrected chi connectivity index (χ1v) is 12.8. The van der Waals surface area contributed by atoms with E-state index in [0.717, 1.165) is 35.0 Å². The molecule has 0 aliphatic heterocycles. The van der Waals surface area contributed by atoms with Crippen molar-refractivity contribution in [2.75, 3.05) is 5.75 Å². The Balaban J connectivity index is 1.53. The maximum absolute atomic E-state index is 13.2. The number of ketones is 1. The number of amides is 1. The van der Waals surface area contributed by atoms with Crippen molar-refractivity contribution in [1.82, 2.24) is 14.9 Å². The minimum absolute atomic E-state index is 0.0168. The van der Waals surface area contributed by atoms with Crippen LogP contribution in [0.5, 0.6) is 0 Å². The summed E-state index contributed by atoms with van der Waals surface area (Å²) < 4.78 is 1.69. The van der Waals surface area contributed by atoms with E-state index in [1.54, 1.807) is 28.0 Å². The van der Waals surface area contributed by atoms with Crippen molar-refractivity contribution in [2.45, 2.75) is 64.2 Å². The summed E-state index contributed by atoms with van der Waals surface area (Å²) in [5.74, 6) is 0.104. The van der Waals surface area contributed by atoms with Crippen molar-refractivity contribution < 1.29 is 9.59 Å². The summed E-state index contributed by atoms with van der Waals surface area (Å²) in [4.78, 5) is 44.1. The normalized spacial score (nSPS) is 14.2. The zero-order valence-corrected chi connectivity index (χ0v) is 20.2. The number of aryl methyl sites for hydroxylation is 2. The molecule has 1 aliphatic rings. The van der Waals surface area contributed by atoms with Gasteiger partial charge < -0.3 is 5.32 Å². The van der Waals surface area contributed by atoms with Gasteiger partial charge in [-0.15, -0.1) is 11.3 Å². The lowest BCUT2D eigenvalue weighted by molar-refractivity contribution is -0.119. The number of hydrogen-bond acceptors (Lipinski definition) is 6. The molecule has 1 unspecified atom stereocenters. The molecule has 1 atom stereocenters. The maximum atomic E-state index is 13.2. The third-order valence-electron chi connectivity index (χ3n) is 5.84. The summed E-state index contributed by atoms with van der Waals surface area (Å²) in [5.41, 5.74) is 2.76. The highest BCUT2D eigenvalue weighted by molar-refractivity contribution is 7.99. The predicted molar refractivity (Wildman–Crippen MR) is 130 cm³/mol. The summed E-state index contributed by atoms with van der Waals surface area (Å²) in [5, 5.41) is 4.23. The van der Waals surface area contributed by atoms with Gasteiger partial charge in [0.05, 0.1) is 17.2 Å². The molecule has 1 aromatic carbocycles. The van der Waals surface area contributed by atoms with Gasteiger partial charge in [-0.05, 0) is 50.7 Å². The van der Waals surface area contributed by atoms with Crippen LogP contribution < -0.4 is 10.9 Å².